The van der Waals surface area contributed by atoms with Gasteiger partial charge < -0.3 is 15.6 Å². The van der Waals surface area contributed by atoms with Crippen molar-refractivity contribution < 1.29 is 4.79 Å². The molecule has 0 aliphatic rings. The van der Waals surface area contributed by atoms with Crippen LogP contribution in [0.2, 0.25) is 0 Å². The molecule has 0 bridgehead atoms. The molecular formula is C16H21N3O2S. The number of pyridine rings is 1. The number of nitrogens with one attached hydrogen (secondary N) is 3. The maximum absolute atomic E-state index is 11.9. The minimum atomic E-state index is -0.210. The number of hydrogen-bond donors (Lipinski definition) is 3. The molecule has 22 heavy (non-hydrogen) atoms. The molecule has 1 heterocycles. The molecule has 5 nitrogen and oxygen atoms in total. The zero-order chi connectivity index (χ0) is 15.9. The number of aromatic nitrogens is 1. The molecule has 2 aromatic rings. The zero-order valence-corrected chi connectivity index (χ0v) is 13.6. The predicted molar refractivity (Wildman–Crippen MR) is 92.4 cm³/mol. The third-order valence-corrected chi connectivity index (χ3v) is 4.05. The van der Waals surface area contributed by atoms with Crippen LogP contribution >= 0.6 is 11.8 Å². The van der Waals surface area contributed by atoms with Gasteiger partial charge in [-0.3, -0.25) is 4.79 Å². The molecule has 2 amide bonds. The van der Waals surface area contributed by atoms with E-state index in [4.69, 9.17) is 0 Å². The van der Waals surface area contributed by atoms with Crippen molar-refractivity contribution in [3.05, 3.63) is 46.2 Å². The lowest BCUT2D eigenvalue weighted by atomic mass is 10.1. The number of carbonyl (C=O) groups excluding carboxylic acids is 1. The number of urea groups is 1. The normalized spacial score (nSPS) is 12.1. The fourth-order valence-electron chi connectivity index (χ4n) is 2.24. The molecule has 118 valence electrons. The number of rotatable bonds is 6. The van der Waals surface area contributed by atoms with E-state index in [1.165, 1.54) is 6.07 Å². The van der Waals surface area contributed by atoms with Crippen LogP contribution in [0.25, 0.3) is 10.9 Å². The number of thioether (sulfide) groups is 1. The number of fused-ring (bicyclic) bond motifs is 1. The van der Waals surface area contributed by atoms with Gasteiger partial charge >= 0.3 is 6.03 Å². The Morgan fingerprint density at radius 2 is 2.14 bits per heavy atom. The van der Waals surface area contributed by atoms with E-state index >= 15 is 0 Å². The summed E-state index contributed by atoms with van der Waals surface area (Å²) in [6.07, 6.45) is 2.98. The minimum absolute atomic E-state index is 0.128. The van der Waals surface area contributed by atoms with Crippen LogP contribution in [-0.4, -0.2) is 29.1 Å². The van der Waals surface area contributed by atoms with Gasteiger partial charge in [-0.05, 0) is 37.0 Å². The summed E-state index contributed by atoms with van der Waals surface area (Å²) in [4.78, 5) is 26.3. The van der Waals surface area contributed by atoms with Crippen molar-refractivity contribution >= 4 is 28.7 Å². The molecule has 0 radical (unpaired) electrons. The molecule has 1 aromatic heterocycles. The molecule has 3 N–H and O–H groups in total. The average molecular weight is 319 g/mol. The molecule has 6 heteroatoms. The second kappa shape index (κ2) is 7.89. The second-order valence-corrected chi connectivity index (χ2v) is 6.20. The molecule has 0 saturated heterocycles. The van der Waals surface area contributed by atoms with E-state index in [1.807, 2.05) is 37.4 Å². The van der Waals surface area contributed by atoms with Crippen molar-refractivity contribution in [2.75, 3.05) is 12.0 Å². The standard InChI is InChI=1S/C16H21N3O2S/c1-11(7-8-22-2)18-16(21)17-10-12-9-15(20)19-14-6-4-3-5-13(12)14/h3-6,9,11H,7-8,10H2,1-2H3,(H,19,20)(H2,17,18,21). The first-order chi connectivity index (χ1) is 10.6. The van der Waals surface area contributed by atoms with Crippen molar-refractivity contribution in [3.8, 4) is 0 Å². The molecule has 0 spiro atoms. The molecular weight excluding hydrogens is 298 g/mol. The van der Waals surface area contributed by atoms with Gasteiger partial charge in [0.15, 0.2) is 0 Å². The molecule has 2 rings (SSSR count). The van der Waals surface area contributed by atoms with Crippen molar-refractivity contribution in [2.45, 2.75) is 25.9 Å². The van der Waals surface area contributed by atoms with Gasteiger partial charge in [0, 0.05) is 29.6 Å². The number of benzene rings is 1. The molecule has 0 fully saturated rings. The van der Waals surface area contributed by atoms with E-state index in [0.29, 0.717) is 6.54 Å². The topological polar surface area (TPSA) is 74.0 Å². The van der Waals surface area contributed by atoms with Crippen LogP contribution in [-0.2, 0) is 6.54 Å². The first-order valence-corrected chi connectivity index (χ1v) is 8.64. The van der Waals surface area contributed by atoms with Gasteiger partial charge in [-0.2, -0.15) is 11.8 Å². The van der Waals surface area contributed by atoms with Crippen molar-refractivity contribution in [1.29, 1.82) is 0 Å². The Hall–Kier alpha value is -1.95. The SMILES string of the molecule is CSCCC(C)NC(=O)NCc1cc(=O)[nH]c2ccccc12. The van der Waals surface area contributed by atoms with Crippen LogP contribution in [0.3, 0.4) is 0 Å². The number of para-hydroxylation sites is 1. The Bertz CT molecular complexity index is 699. The monoisotopic (exact) mass is 319 g/mol. The second-order valence-electron chi connectivity index (χ2n) is 5.21. The lowest BCUT2D eigenvalue weighted by molar-refractivity contribution is 0.237. The zero-order valence-electron chi connectivity index (χ0n) is 12.8. The number of H-pyrrole nitrogens is 1. The molecule has 0 aliphatic heterocycles. The van der Waals surface area contributed by atoms with Crippen LogP contribution in [0.1, 0.15) is 18.9 Å². The maximum atomic E-state index is 11.9. The van der Waals surface area contributed by atoms with Gasteiger partial charge in [0.2, 0.25) is 5.56 Å². The van der Waals surface area contributed by atoms with E-state index in [0.717, 1.165) is 28.6 Å². The van der Waals surface area contributed by atoms with Crippen LogP contribution < -0.4 is 16.2 Å². The van der Waals surface area contributed by atoms with Gasteiger partial charge in [-0.1, -0.05) is 18.2 Å². The summed E-state index contributed by atoms with van der Waals surface area (Å²) < 4.78 is 0. The summed E-state index contributed by atoms with van der Waals surface area (Å²) in [5.74, 6) is 1.01. The Kier molecular flexibility index (Phi) is 5.89. The Morgan fingerprint density at radius 3 is 2.91 bits per heavy atom. The van der Waals surface area contributed by atoms with E-state index in [9.17, 15) is 9.59 Å². The highest BCUT2D eigenvalue weighted by Gasteiger charge is 2.08. The number of amides is 2. The van der Waals surface area contributed by atoms with Gasteiger partial charge in [-0.15, -0.1) is 0 Å². The van der Waals surface area contributed by atoms with Crippen LogP contribution in [0.5, 0.6) is 0 Å². The molecule has 0 aliphatic carbocycles. The number of aromatic amines is 1. The van der Waals surface area contributed by atoms with Crippen molar-refractivity contribution in [2.24, 2.45) is 0 Å². The average Bonchev–Trinajstić information content (AvgIpc) is 2.50. The smallest absolute Gasteiger partial charge is 0.315 e. The summed E-state index contributed by atoms with van der Waals surface area (Å²) in [7, 11) is 0. The summed E-state index contributed by atoms with van der Waals surface area (Å²) in [6, 6.07) is 9.01. The van der Waals surface area contributed by atoms with Crippen LogP contribution in [0.4, 0.5) is 4.79 Å². The largest absolute Gasteiger partial charge is 0.336 e. The maximum Gasteiger partial charge on any atom is 0.315 e. The van der Waals surface area contributed by atoms with Gasteiger partial charge in [0.1, 0.15) is 0 Å². The predicted octanol–water partition coefficient (Wildman–Crippen LogP) is 2.47. The molecule has 1 unspecified atom stereocenters. The highest BCUT2D eigenvalue weighted by Crippen LogP contribution is 2.14. The molecule has 0 saturated carbocycles. The van der Waals surface area contributed by atoms with Crippen molar-refractivity contribution in [3.63, 3.8) is 0 Å². The molecule has 1 aromatic carbocycles. The van der Waals surface area contributed by atoms with E-state index < -0.39 is 0 Å². The van der Waals surface area contributed by atoms with E-state index in [2.05, 4.69) is 15.6 Å². The lowest BCUT2D eigenvalue weighted by Crippen LogP contribution is -2.40. The third kappa shape index (κ3) is 4.53. The summed E-state index contributed by atoms with van der Waals surface area (Å²) in [5.41, 5.74) is 1.43. The Balaban J connectivity index is 2.00. The van der Waals surface area contributed by atoms with Crippen LogP contribution in [0.15, 0.2) is 35.1 Å². The number of hydrogen-bond acceptors (Lipinski definition) is 3. The van der Waals surface area contributed by atoms with Gasteiger partial charge in [0.25, 0.3) is 0 Å². The molecule has 1 atom stereocenters. The highest BCUT2D eigenvalue weighted by atomic mass is 32.2. The Morgan fingerprint density at radius 1 is 1.36 bits per heavy atom. The van der Waals surface area contributed by atoms with Gasteiger partial charge in [0.05, 0.1) is 0 Å². The summed E-state index contributed by atoms with van der Waals surface area (Å²) >= 11 is 1.76. The quantitative estimate of drug-likeness (QED) is 0.766. The van der Waals surface area contributed by atoms with Gasteiger partial charge in [-0.25, -0.2) is 4.79 Å². The first kappa shape index (κ1) is 16.4. The first-order valence-electron chi connectivity index (χ1n) is 7.24. The fraction of sp³-hybridized carbons (Fsp3) is 0.375. The summed E-state index contributed by atoms with van der Waals surface area (Å²) in [6.45, 7) is 2.31. The van der Waals surface area contributed by atoms with Crippen molar-refractivity contribution in [1.82, 2.24) is 15.6 Å². The Labute approximate surface area is 133 Å². The van der Waals surface area contributed by atoms with E-state index in [-0.39, 0.29) is 17.6 Å². The fourth-order valence-corrected chi connectivity index (χ4v) is 2.83. The van der Waals surface area contributed by atoms with Crippen LogP contribution in [0, 0.1) is 0 Å². The number of carbonyl (C=O) groups is 1. The minimum Gasteiger partial charge on any atom is -0.336 e. The van der Waals surface area contributed by atoms with E-state index in [1.54, 1.807) is 11.8 Å². The summed E-state index contributed by atoms with van der Waals surface area (Å²) in [5, 5.41) is 6.66. The highest BCUT2D eigenvalue weighted by molar-refractivity contribution is 7.98. The third-order valence-electron chi connectivity index (χ3n) is 3.41. The lowest BCUT2D eigenvalue weighted by Gasteiger charge is -2.14.